The van der Waals surface area contributed by atoms with Gasteiger partial charge in [-0.05, 0) is 33.6 Å². The molecule has 0 heterocycles. The van der Waals surface area contributed by atoms with Crippen LogP contribution in [0.1, 0.15) is 53.4 Å². The molecule has 0 atom stereocenters. The van der Waals surface area contributed by atoms with Crippen LogP contribution in [0.4, 0.5) is 0 Å². The van der Waals surface area contributed by atoms with Gasteiger partial charge in [-0.2, -0.15) is 0 Å². The lowest BCUT2D eigenvalue weighted by Crippen LogP contribution is -2.19. The van der Waals surface area contributed by atoms with E-state index in [1.165, 1.54) is 0 Å². The second-order valence-electron chi connectivity index (χ2n) is 4.22. The van der Waals surface area contributed by atoms with Gasteiger partial charge in [0.25, 0.3) is 0 Å². The van der Waals surface area contributed by atoms with Crippen LogP contribution in [-0.2, 0) is 9.78 Å². The molecule has 0 spiro atoms. The lowest BCUT2D eigenvalue weighted by molar-refractivity contribution is -0.348. The van der Waals surface area contributed by atoms with Crippen LogP contribution < -0.4 is 0 Å². The second-order valence-corrected chi connectivity index (χ2v) is 4.22. The molecule has 0 saturated carbocycles. The summed E-state index contributed by atoms with van der Waals surface area (Å²) in [5, 5.41) is 0. The molecule has 0 amide bonds. The number of hydrogen-bond donors (Lipinski definition) is 0. The number of unbranched alkanes of at least 4 members (excludes halogenated alkanes) is 2. The zero-order valence-electron chi connectivity index (χ0n) is 9.85. The number of rotatable bonds is 5. The van der Waals surface area contributed by atoms with E-state index in [0.717, 1.165) is 25.7 Å². The Kier molecular flexibility index (Phi) is 7.55. The molecule has 0 unspecified atom stereocenters. The molecule has 82 valence electrons. The predicted octanol–water partition coefficient (Wildman–Crippen LogP) is 3.32. The molecule has 0 aliphatic rings. The third-order valence-corrected chi connectivity index (χ3v) is 1.34. The van der Waals surface area contributed by atoms with Crippen molar-refractivity contribution in [2.45, 2.75) is 59.0 Å². The minimum atomic E-state index is -0.214. The molecule has 0 rings (SSSR count). The molecule has 2 heteroatoms. The van der Waals surface area contributed by atoms with Crippen molar-refractivity contribution in [3.05, 3.63) is 0 Å². The lowest BCUT2D eigenvalue weighted by Gasteiger charge is -2.17. The van der Waals surface area contributed by atoms with E-state index in [-0.39, 0.29) is 5.60 Å². The Bertz CT molecular complexity index is 181. The van der Waals surface area contributed by atoms with Gasteiger partial charge in [0.1, 0.15) is 0 Å². The minimum Gasteiger partial charge on any atom is -0.236 e. The van der Waals surface area contributed by atoms with Crippen LogP contribution in [0.5, 0.6) is 0 Å². The highest BCUT2D eigenvalue weighted by Crippen LogP contribution is 2.07. The monoisotopic (exact) mass is 198 g/mol. The Morgan fingerprint density at radius 2 is 1.71 bits per heavy atom. The van der Waals surface area contributed by atoms with Crippen molar-refractivity contribution in [3.63, 3.8) is 0 Å². The molecule has 0 aliphatic heterocycles. The van der Waals surface area contributed by atoms with Crippen molar-refractivity contribution < 1.29 is 9.78 Å². The van der Waals surface area contributed by atoms with Crippen molar-refractivity contribution in [2.75, 3.05) is 6.61 Å². The summed E-state index contributed by atoms with van der Waals surface area (Å²) >= 11 is 0. The summed E-state index contributed by atoms with van der Waals surface area (Å²) in [6.07, 6.45) is 3.97. The van der Waals surface area contributed by atoms with Gasteiger partial charge >= 0.3 is 0 Å². The summed E-state index contributed by atoms with van der Waals surface area (Å²) < 4.78 is 0. The van der Waals surface area contributed by atoms with E-state index in [9.17, 15) is 0 Å². The molecule has 0 aromatic rings. The van der Waals surface area contributed by atoms with Crippen LogP contribution in [0.15, 0.2) is 0 Å². The van der Waals surface area contributed by atoms with Gasteiger partial charge in [0.05, 0.1) is 12.2 Å². The van der Waals surface area contributed by atoms with Crippen LogP contribution in [0.25, 0.3) is 0 Å². The predicted molar refractivity (Wildman–Crippen MR) is 58.7 cm³/mol. The number of hydrogen-bond acceptors (Lipinski definition) is 2. The van der Waals surface area contributed by atoms with Gasteiger partial charge in [-0.15, -0.1) is 11.8 Å². The molecule has 0 saturated heterocycles. The van der Waals surface area contributed by atoms with Crippen LogP contribution in [0.2, 0.25) is 0 Å². The van der Waals surface area contributed by atoms with E-state index < -0.39 is 0 Å². The van der Waals surface area contributed by atoms with Crippen molar-refractivity contribution >= 4 is 0 Å². The largest absolute Gasteiger partial charge is 0.236 e. The Morgan fingerprint density at radius 3 is 2.29 bits per heavy atom. The first-order valence-electron chi connectivity index (χ1n) is 5.32. The molecule has 0 aliphatic carbocycles. The van der Waals surface area contributed by atoms with Crippen molar-refractivity contribution in [1.29, 1.82) is 0 Å². The second kappa shape index (κ2) is 7.84. The zero-order chi connectivity index (χ0) is 10.9. The molecule has 14 heavy (non-hydrogen) atoms. The highest BCUT2D eigenvalue weighted by atomic mass is 17.2. The molecule has 0 radical (unpaired) electrons. The average Bonchev–Trinajstić information content (AvgIpc) is 2.08. The fraction of sp³-hybridized carbons (Fsp3) is 0.833. The quantitative estimate of drug-likeness (QED) is 0.292. The summed E-state index contributed by atoms with van der Waals surface area (Å²) in [6, 6.07) is 0. The van der Waals surface area contributed by atoms with Crippen LogP contribution in [0, 0.1) is 11.8 Å². The van der Waals surface area contributed by atoms with Crippen LogP contribution in [-0.4, -0.2) is 12.2 Å². The molecule has 0 bridgehead atoms. The van der Waals surface area contributed by atoms with Gasteiger partial charge < -0.3 is 0 Å². The molecular weight excluding hydrogens is 176 g/mol. The fourth-order valence-electron chi connectivity index (χ4n) is 0.740. The van der Waals surface area contributed by atoms with Gasteiger partial charge in [0.2, 0.25) is 0 Å². The van der Waals surface area contributed by atoms with Crippen molar-refractivity contribution in [3.8, 4) is 11.8 Å². The van der Waals surface area contributed by atoms with Gasteiger partial charge in [-0.1, -0.05) is 6.92 Å². The van der Waals surface area contributed by atoms with Crippen LogP contribution in [0.3, 0.4) is 0 Å². The maximum absolute atomic E-state index is 5.11. The first-order chi connectivity index (χ1) is 6.56. The summed E-state index contributed by atoms with van der Waals surface area (Å²) in [5.41, 5.74) is -0.214. The minimum absolute atomic E-state index is 0.214. The third-order valence-electron chi connectivity index (χ3n) is 1.34. The summed E-state index contributed by atoms with van der Waals surface area (Å²) in [4.78, 5) is 10.1. The summed E-state index contributed by atoms with van der Waals surface area (Å²) in [5.74, 6) is 6.19. The maximum Gasteiger partial charge on any atom is 0.0952 e. The lowest BCUT2D eigenvalue weighted by atomic mass is 10.2. The van der Waals surface area contributed by atoms with E-state index in [4.69, 9.17) is 9.78 Å². The summed E-state index contributed by atoms with van der Waals surface area (Å²) in [7, 11) is 0. The zero-order valence-corrected chi connectivity index (χ0v) is 9.85. The Morgan fingerprint density at radius 1 is 1.07 bits per heavy atom. The van der Waals surface area contributed by atoms with E-state index >= 15 is 0 Å². The molecule has 2 nitrogen and oxygen atoms in total. The highest BCUT2D eigenvalue weighted by molar-refractivity contribution is 4.98. The van der Waals surface area contributed by atoms with Gasteiger partial charge in [-0.25, -0.2) is 9.78 Å². The normalized spacial score (nSPS) is 10.9. The molecule has 0 N–H and O–H groups in total. The smallest absolute Gasteiger partial charge is 0.0952 e. The Labute approximate surface area is 87.9 Å². The van der Waals surface area contributed by atoms with E-state index in [2.05, 4.69) is 18.8 Å². The van der Waals surface area contributed by atoms with Crippen molar-refractivity contribution in [2.24, 2.45) is 0 Å². The standard InChI is InChI=1S/C12H22O2/c1-5-6-7-8-9-10-11-13-14-12(2,3)4/h5-6,9-11H2,1-4H3. The van der Waals surface area contributed by atoms with Gasteiger partial charge in [-0.3, -0.25) is 0 Å². The summed E-state index contributed by atoms with van der Waals surface area (Å²) in [6.45, 7) is 8.66. The van der Waals surface area contributed by atoms with Gasteiger partial charge in [0.15, 0.2) is 0 Å². The SMILES string of the molecule is CCCC#CCCCOOC(C)(C)C. The fourth-order valence-corrected chi connectivity index (χ4v) is 0.740. The maximum atomic E-state index is 5.11. The third kappa shape index (κ3) is 11.5. The molecular formula is C12H22O2. The van der Waals surface area contributed by atoms with Gasteiger partial charge in [0, 0.05) is 12.8 Å². The molecule has 0 aromatic carbocycles. The Balaban J connectivity index is 3.19. The van der Waals surface area contributed by atoms with Crippen LogP contribution >= 0.6 is 0 Å². The van der Waals surface area contributed by atoms with E-state index in [0.29, 0.717) is 6.61 Å². The van der Waals surface area contributed by atoms with E-state index in [1.807, 2.05) is 20.8 Å². The first-order valence-corrected chi connectivity index (χ1v) is 5.32. The Hall–Kier alpha value is -0.520. The molecule has 0 aromatic heterocycles. The average molecular weight is 198 g/mol. The topological polar surface area (TPSA) is 18.5 Å². The highest BCUT2D eigenvalue weighted by Gasteiger charge is 2.10. The van der Waals surface area contributed by atoms with Crippen molar-refractivity contribution in [1.82, 2.24) is 0 Å². The molecule has 0 fully saturated rings. The first kappa shape index (κ1) is 13.5. The van der Waals surface area contributed by atoms with E-state index in [1.54, 1.807) is 0 Å².